The number of phenolic OH excluding ortho intramolecular Hbond substituents is 5. The number of aromatic hydroxyl groups is 5. The van der Waals surface area contributed by atoms with Crippen LogP contribution in [0.3, 0.4) is 0 Å². The number of carbonyl (C=O) groups is 2. The van der Waals surface area contributed by atoms with Gasteiger partial charge in [0.25, 0.3) is 0 Å². The van der Waals surface area contributed by atoms with E-state index in [1.165, 1.54) is 6.92 Å². The van der Waals surface area contributed by atoms with Crippen molar-refractivity contribution in [2.75, 3.05) is 0 Å². The summed E-state index contributed by atoms with van der Waals surface area (Å²) in [6.07, 6.45) is 3.37. The minimum Gasteiger partial charge on any atom is -0.507 e. The molecule has 0 saturated heterocycles. The van der Waals surface area contributed by atoms with Gasteiger partial charge in [-0.25, -0.2) is 0 Å². The van der Waals surface area contributed by atoms with Gasteiger partial charge in [-0.2, -0.15) is 0 Å². The van der Waals surface area contributed by atoms with Crippen molar-refractivity contribution >= 4 is 17.6 Å². The summed E-state index contributed by atoms with van der Waals surface area (Å²) in [4.78, 5) is 26.0. The van der Waals surface area contributed by atoms with Gasteiger partial charge in [0, 0.05) is 34.9 Å². The molecule has 0 unspecified atom stereocenters. The third-order valence-electron chi connectivity index (χ3n) is 6.74. The lowest BCUT2D eigenvalue weighted by Gasteiger charge is -2.31. The largest absolute Gasteiger partial charge is 0.507 e. The highest BCUT2D eigenvalue weighted by Gasteiger charge is 2.36. The van der Waals surface area contributed by atoms with Crippen LogP contribution in [0.4, 0.5) is 0 Å². The molecule has 1 atom stereocenters. The molecule has 0 aromatic heterocycles. The standard InChI is InChI=1S/C28H34O8/c1-8-13(4)21(30)19-26(35)17(24(33)15-9-10-28(6,7)36-27(15)19)11-16-22(31)14(5)23(32)18(25(16)34)20(29)12(2)3/h9-10,12-13,31-35H,8,11H2,1-7H3/t13-/m0/s1. The SMILES string of the molecule is CC[C@H](C)C(=O)c1c(O)c(Cc2c(O)c(C)c(O)c(C(=O)C(C)C)c2O)c(O)c2c1OC(C)(C)C=C2. The van der Waals surface area contributed by atoms with Crippen LogP contribution in [0.1, 0.15) is 90.9 Å². The van der Waals surface area contributed by atoms with E-state index in [1.807, 2.05) is 6.92 Å². The smallest absolute Gasteiger partial charge is 0.173 e. The first kappa shape index (κ1) is 26.9. The molecule has 2 aromatic carbocycles. The number of fused-ring (bicyclic) bond motifs is 1. The zero-order chi connectivity index (χ0) is 27.3. The van der Waals surface area contributed by atoms with E-state index in [1.54, 1.807) is 46.8 Å². The molecule has 36 heavy (non-hydrogen) atoms. The van der Waals surface area contributed by atoms with E-state index in [4.69, 9.17) is 4.74 Å². The molecular formula is C28H34O8. The Kier molecular flexibility index (Phi) is 7.03. The molecule has 1 heterocycles. The minimum absolute atomic E-state index is 0.0374. The Balaban J connectivity index is 2.34. The van der Waals surface area contributed by atoms with Crippen molar-refractivity contribution in [1.29, 1.82) is 0 Å². The average molecular weight is 499 g/mol. The topological polar surface area (TPSA) is 145 Å². The highest BCUT2D eigenvalue weighted by atomic mass is 16.5. The van der Waals surface area contributed by atoms with Crippen LogP contribution in [0.5, 0.6) is 34.5 Å². The van der Waals surface area contributed by atoms with Gasteiger partial charge in [0.2, 0.25) is 0 Å². The molecule has 0 radical (unpaired) electrons. The molecule has 0 saturated carbocycles. The molecule has 0 spiro atoms. The normalized spacial score (nSPS) is 14.9. The lowest BCUT2D eigenvalue weighted by Crippen LogP contribution is -2.29. The van der Waals surface area contributed by atoms with E-state index in [0.717, 1.165) is 0 Å². The number of ketones is 2. The molecule has 5 N–H and O–H groups in total. The maximum absolute atomic E-state index is 13.3. The number of phenols is 5. The monoisotopic (exact) mass is 498 g/mol. The first-order chi connectivity index (χ1) is 16.6. The Labute approximate surface area is 210 Å². The van der Waals surface area contributed by atoms with Crippen molar-refractivity contribution in [3.63, 3.8) is 0 Å². The molecular weight excluding hydrogens is 464 g/mol. The van der Waals surface area contributed by atoms with Crippen LogP contribution in [0.15, 0.2) is 6.08 Å². The summed E-state index contributed by atoms with van der Waals surface area (Å²) in [5.74, 6) is -4.52. The lowest BCUT2D eigenvalue weighted by atomic mass is 9.86. The predicted octanol–water partition coefficient (Wildman–Crippen LogP) is 5.37. The number of hydrogen-bond donors (Lipinski definition) is 5. The summed E-state index contributed by atoms with van der Waals surface area (Å²) in [6, 6.07) is 0. The van der Waals surface area contributed by atoms with E-state index >= 15 is 0 Å². The van der Waals surface area contributed by atoms with Crippen LogP contribution in [0.2, 0.25) is 0 Å². The van der Waals surface area contributed by atoms with Gasteiger partial charge in [0.15, 0.2) is 11.6 Å². The van der Waals surface area contributed by atoms with Gasteiger partial charge in [-0.15, -0.1) is 0 Å². The Morgan fingerprint density at radius 1 is 0.861 bits per heavy atom. The highest BCUT2D eigenvalue weighted by molar-refractivity contribution is 6.05. The van der Waals surface area contributed by atoms with Crippen molar-refractivity contribution in [2.45, 2.75) is 66.9 Å². The quantitative estimate of drug-likeness (QED) is 0.321. The molecule has 0 fully saturated rings. The van der Waals surface area contributed by atoms with E-state index in [2.05, 4.69) is 0 Å². The van der Waals surface area contributed by atoms with Crippen LogP contribution in [0, 0.1) is 18.8 Å². The molecule has 194 valence electrons. The molecule has 3 rings (SSSR count). The molecule has 8 heteroatoms. The fraction of sp³-hybridized carbons (Fsp3) is 0.429. The van der Waals surface area contributed by atoms with E-state index in [9.17, 15) is 35.1 Å². The summed E-state index contributed by atoms with van der Waals surface area (Å²) >= 11 is 0. The van der Waals surface area contributed by atoms with Crippen molar-refractivity contribution in [2.24, 2.45) is 11.8 Å². The molecule has 1 aliphatic heterocycles. The van der Waals surface area contributed by atoms with E-state index in [0.29, 0.717) is 6.42 Å². The second-order valence-corrected chi connectivity index (χ2v) is 10.2. The van der Waals surface area contributed by atoms with Crippen LogP contribution >= 0.6 is 0 Å². The van der Waals surface area contributed by atoms with E-state index < -0.39 is 58.4 Å². The van der Waals surface area contributed by atoms with Crippen LogP contribution < -0.4 is 4.74 Å². The lowest BCUT2D eigenvalue weighted by molar-refractivity contribution is 0.0907. The molecule has 0 bridgehead atoms. The number of hydrogen-bond acceptors (Lipinski definition) is 8. The number of ether oxygens (including phenoxy) is 1. The van der Waals surface area contributed by atoms with Crippen molar-refractivity contribution in [1.82, 2.24) is 0 Å². The Morgan fingerprint density at radius 2 is 1.42 bits per heavy atom. The third-order valence-corrected chi connectivity index (χ3v) is 6.74. The zero-order valence-electron chi connectivity index (χ0n) is 21.7. The molecule has 8 nitrogen and oxygen atoms in total. The fourth-order valence-corrected chi connectivity index (χ4v) is 4.21. The summed E-state index contributed by atoms with van der Waals surface area (Å²) in [5.41, 5.74) is -1.42. The van der Waals surface area contributed by atoms with Gasteiger partial charge in [-0.05, 0) is 39.3 Å². The summed E-state index contributed by atoms with van der Waals surface area (Å²) in [7, 11) is 0. The van der Waals surface area contributed by atoms with Crippen LogP contribution in [-0.2, 0) is 6.42 Å². The van der Waals surface area contributed by atoms with Crippen molar-refractivity contribution < 1.29 is 39.9 Å². The third kappa shape index (κ3) is 4.36. The molecule has 2 aromatic rings. The summed E-state index contributed by atoms with van der Waals surface area (Å²) < 4.78 is 5.99. The minimum atomic E-state index is -0.797. The first-order valence-corrected chi connectivity index (χ1v) is 12.0. The predicted molar refractivity (Wildman–Crippen MR) is 135 cm³/mol. The highest BCUT2D eigenvalue weighted by Crippen LogP contribution is 2.50. The maximum atomic E-state index is 13.3. The number of benzene rings is 2. The van der Waals surface area contributed by atoms with Gasteiger partial charge in [-0.3, -0.25) is 9.59 Å². The van der Waals surface area contributed by atoms with Gasteiger partial charge < -0.3 is 30.3 Å². The van der Waals surface area contributed by atoms with Crippen LogP contribution in [0.25, 0.3) is 6.08 Å². The summed E-state index contributed by atoms with van der Waals surface area (Å²) in [5, 5.41) is 54.6. The second kappa shape index (κ2) is 9.41. The first-order valence-electron chi connectivity index (χ1n) is 12.0. The number of rotatable bonds is 7. The van der Waals surface area contributed by atoms with Crippen molar-refractivity contribution in [3.05, 3.63) is 39.5 Å². The van der Waals surface area contributed by atoms with Crippen LogP contribution in [-0.4, -0.2) is 42.7 Å². The fourth-order valence-electron chi connectivity index (χ4n) is 4.21. The molecule has 1 aliphatic rings. The average Bonchev–Trinajstić information content (AvgIpc) is 2.80. The van der Waals surface area contributed by atoms with Gasteiger partial charge in [-0.1, -0.05) is 27.7 Å². The maximum Gasteiger partial charge on any atom is 0.173 e. The van der Waals surface area contributed by atoms with Gasteiger partial charge in [0.1, 0.15) is 51.2 Å². The van der Waals surface area contributed by atoms with Gasteiger partial charge in [0.05, 0.1) is 5.56 Å². The Morgan fingerprint density at radius 3 is 1.97 bits per heavy atom. The molecule has 0 amide bonds. The van der Waals surface area contributed by atoms with E-state index in [-0.39, 0.29) is 44.9 Å². The summed E-state index contributed by atoms with van der Waals surface area (Å²) in [6.45, 7) is 11.7. The number of Topliss-reactive ketones (excluding diaryl/α,β-unsaturated/α-hetero) is 2. The second-order valence-electron chi connectivity index (χ2n) is 10.2. The number of carbonyl (C=O) groups excluding carboxylic acids is 2. The Bertz CT molecular complexity index is 1280. The molecule has 0 aliphatic carbocycles. The Hall–Kier alpha value is -3.68. The van der Waals surface area contributed by atoms with Crippen molar-refractivity contribution in [3.8, 4) is 34.5 Å². The van der Waals surface area contributed by atoms with Gasteiger partial charge >= 0.3 is 0 Å². The zero-order valence-corrected chi connectivity index (χ0v) is 21.7.